The largest absolute Gasteiger partial charge is 0.493 e. The molecule has 0 bridgehead atoms. The van der Waals surface area contributed by atoms with E-state index in [1.807, 2.05) is 5.48 Å². The molecule has 1 aromatic carbocycles. The van der Waals surface area contributed by atoms with E-state index in [0.717, 1.165) is 0 Å². The van der Waals surface area contributed by atoms with E-state index in [-0.39, 0.29) is 12.4 Å². The van der Waals surface area contributed by atoms with Gasteiger partial charge in [-0.3, -0.25) is 0 Å². The summed E-state index contributed by atoms with van der Waals surface area (Å²) in [5.74, 6) is 0.980. The molecule has 2 rings (SSSR count). The lowest BCUT2D eigenvalue weighted by molar-refractivity contribution is 0.159. The van der Waals surface area contributed by atoms with Gasteiger partial charge in [0.2, 0.25) is 0 Å². The third kappa shape index (κ3) is 2.91. The van der Waals surface area contributed by atoms with Crippen molar-refractivity contribution in [3.05, 3.63) is 29.6 Å². The molecule has 15 heavy (non-hydrogen) atoms. The molecule has 0 saturated heterocycles. The van der Waals surface area contributed by atoms with Crippen molar-refractivity contribution < 1.29 is 14.3 Å². The molecule has 1 fully saturated rings. The van der Waals surface area contributed by atoms with Gasteiger partial charge in [0, 0.05) is 12.1 Å². The van der Waals surface area contributed by atoms with Gasteiger partial charge in [0.25, 0.3) is 0 Å². The summed E-state index contributed by atoms with van der Waals surface area (Å²) in [4.78, 5) is 0. The van der Waals surface area contributed by atoms with Crippen molar-refractivity contribution >= 4 is 0 Å². The Bertz CT molecular complexity index is 339. The van der Waals surface area contributed by atoms with E-state index in [9.17, 15) is 4.39 Å². The Morgan fingerprint density at radius 1 is 1.47 bits per heavy atom. The van der Waals surface area contributed by atoms with Crippen LogP contribution in [0, 0.1) is 11.7 Å². The fraction of sp³-hybridized carbons (Fsp3) is 0.455. The minimum Gasteiger partial charge on any atom is -0.493 e. The zero-order valence-electron chi connectivity index (χ0n) is 8.37. The van der Waals surface area contributed by atoms with Crippen molar-refractivity contribution in [2.75, 3.05) is 6.61 Å². The average molecular weight is 211 g/mol. The summed E-state index contributed by atoms with van der Waals surface area (Å²) < 4.78 is 18.5. The van der Waals surface area contributed by atoms with Gasteiger partial charge in [0.15, 0.2) is 0 Å². The van der Waals surface area contributed by atoms with Crippen molar-refractivity contribution in [2.45, 2.75) is 19.4 Å². The molecule has 1 aliphatic rings. The number of hydrogen-bond acceptors (Lipinski definition) is 3. The standard InChI is InChI=1S/C11H14FNO2/c12-10-3-4-11(9(5-10)6-13-14)15-7-8-1-2-8/h3-5,8,13-14H,1-2,6-7H2. The van der Waals surface area contributed by atoms with Crippen molar-refractivity contribution in [3.8, 4) is 5.75 Å². The SMILES string of the molecule is ONCc1cc(F)ccc1OCC1CC1. The predicted octanol–water partition coefficient (Wildman–Crippen LogP) is 2.09. The van der Waals surface area contributed by atoms with Crippen LogP contribution in [0.15, 0.2) is 18.2 Å². The zero-order chi connectivity index (χ0) is 10.7. The quantitative estimate of drug-likeness (QED) is 0.733. The first-order valence-corrected chi connectivity index (χ1v) is 5.08. The molecule has 0 amide bonds. The summed E-state index contributed by atoms with van der Waals surface area (Å²) in [7, 11) is 0. The Hall–Kier alpha value is -1.13. The number of benzene rings is 1. The molecular formula is C11H14FNO2. The number of hydrogen-bond donors (Lipinski definition) is 2. The topological polar surface area (TPSA) is 41.5 Å². The second kappa shape index (κ2) is 4.59. The lowest BCUT2D eigenvalue weighted by Crippen LogP contribution is -2.09. The van der Waals surface area contributed by atoms with Gasteiger partial charge in [-0.05, 0) is 37.0 Å². The highest BCUT2D eigenvalue weighted by atomic mass is 19.1. The van der Waals surface area contributed by atoms with Gasteiger partial charge in [-0.25, -0.2) is 9.87 Å². The minimum absolute atomic E-state index is 0.192. The second-order valence-electron chi connectivity index (χ2n) is 3.84. The normalized spacial score (nSPS) is 15.3. The number of rotatable bonds is 5. The second-order valence-corrected chi connectivity index (χ2v) is 3.84. The zero-order valence-corrected chi connectivity index (χ0v) is 8.37. The number of ether oxygens (including phenoxy) is 1. The van der Waals surface area contributed by atoms with Gasteiger partial charge >= 0.3 is 0 Å². The van der Waals surface area contributed by atoms with Crippen LogP contribution < -0.4 is 10.2 Å². The Morgan fingerprint density at radius 2 is 2.27 bits per heavy atom. The van der Waals surface area contributed by atoms with Crippen LogP contribution in [-0.2, 0) is 6.54 Å². The lowest BCUT2D eigenvalue weighted by atomic mass is 10.2. The molecule has 82 valence electrons. The molecular weight excluding hydrogens is 197 g/mol. The van der Waals surface area contributed by atoms with Crippen LogP contribution in [0.4, 0.5) is 4.39 Å². The van der Waals surface area contributed by atoms with Gasteiger partial charge < -0.3 is 9.94 Å². The highest BCUT2D eigenvalue weighted by Crippen LogP contribution is 2.30. The Balaban J connectivity index is 2.04. The Labute approximate surface area is 87.8 Å². The molecule has 0 heterocycles. The van der Waals surface area contributed by atoms with Crippen LogP contribution >= 0.6 is 0 Å². The van der Waals surface area contributed by atoms with Crippen LogP contribution in [0.3, 0.4) is 0 Å². The summed E-state index contributed by atoms with van der Waals surface area (Å²) in [6, 6.07) is 4.33. The van der Waals surface area contributed by atoms with Crippen LogP contribution in [0.1, 0.15) is 18.4 Å². The summed E-state index contributed by atoms with van der Waals surface area (Å²) in [5.41, 5.74) is 2.65. The fourth-order valence-electron chi connectivity index (χ4n) is 1.40. The van der Waals surface area contributed by atoms with Crippen LogP contribution in [0.5, 0.6) is 5.75 Å². The number of hydroxylamine groups is 1. The average Bonchev–Trinajstić information content (AvgIpc) is 3.01. The van der Waals surface area contributed by atoms with E-state index in [2.05, 4.69) is 0 Å². The molecule has 0 unspecified atom stereocenters. The highest BCUT2D eigenvalue weighted by Gasteiger charge is 2.22. The maximum atomic E-state index is 12.9. The maximum absolute atomic E-state index is 12.9. The monoisotopic (exact) mass is 211 g/mol. The van der Waals surface area contributed by atoms with E-state index in [4.69, 9.17) is 9.94 Å². The minimum atomic E-state index is -0.320. The van der Waals surface area contributed by atoms with Crippen LogP contribution in [0.25, 0.3) is 0 Å². The van der Waals surface area contributed by atoms with Crippen molar-refractivity contribution in [3.63, 3.8) is 0 Å². The Morgan fingerprint density at radius 3 is 2.93 bits per heavy atom. The molecule has 1 aliphatic carbocycles. The van der Waals surface area contributed by atoms with Gasteiger partial charge in [-0.1, -0.05) is 0 Å². The van der Waals surface area contributed by atoms with Gasteiger partial charge in [0.1, 0.15) is 11.6 Å². The van der Waals surface area contributed by atoms with Gasteiger partial charge in [-0.15, -0.1) is 0 Å². The van der Waals surface area contributed by atoms with E-state index in [1.165, 1.54) is 25.0 Å². The first kappa shape index (κ1) is 10.4. The Kier molecular flexibility index (Phi) is 3.18. The number of nitrogens with one attached hydrogen (secondary N) is 1. The van der Waals surface area contributed by atoms with Gasteiger partial charge in [0.05, 0.1) is 6.61 Å². The summed E-state index contributed by atoms with van der Waals surface area (Å²) >= 11 is 0. The molecule has 4 heteroatoms. The first-order valence-electron chi connectivity index (χ1n) is 5.08. The van der Waals surface area contributed by atoms with Gasteiger partial charge in [-0.2, -0.15) is 0 Å². The predicted molar refractivity (Wildman–Crippen MR) is 53.2 cm³/mol. The van der Waals surface area contributed by atoms with E-state index >= 15 is 0 Å². The molecule has 0 atom stereocenters. The molecule has 1 saturated carbocycles. The highest BCUT2D eigenvalue weighted by molar-refractivity contribution is 5.33. The fourth-order valence-corrected chi connectivity index (χ4v) is 1.40. The molecule has 2 N–H and O–H groups in total. The van der Waals surface area contributed by atoms with Crippen LogP contribution in [0.2, 0.25) is 0 Å². The lowest BCUT2D eigenvalue weighted by Gasteiger charge is -2.10. The summed E-state index contributed by atoms with van der Waals surface area (Å²) in [6.07, 6.45) is 2.43. The van der Waals surface area contributed by atoms with E-state index in [0.29, 0.717) is 23.8 Å². The van der Waals surface area contributed by atoms with Crippen molar-refractivity contribution in [1.82, 2.24) is 5.48 Å². The molecule has 0 aromatic heterocycles. The number of halogens is 1. The van der Waals surface area contributed by atoms with Crippen molar-refractivity contribution in [2.24, 2.45) is 5.92 Å². The third-order valence-corrected chi connectivity index (χ3v) is 2.46. The van der Waals surface area contributed by atoms with E-state index < -0.39 is 0 Å². The smallest absolute Gasteiger partial charge is 0.124 e. The van der Waals surface area contributed by atoms with Crippen molar-refractivity contribution in [1.29, 1.82) is 0 Å². The molecule has 0 aliphatic heterocycles. The summed E-state index contributed by atoms with van der Waals surface area (Å²) in [5, 5.41) is 8.60. The van der Waals surface area contributed by atoms with E-state index in [1.54, 1.807) is 6.07 Å². The molecule has 3 nitrogen and oxygen atoms in total. The first-order chi connectivity index (χ1) is 7.29. The molecule has 1 aromatic rings. The maximum Gasteiger partial charge on any atom is 0.124 e. The van der Waals surface area contributed by atoms with Crippen LogP contribution in [-0.4, -0.2) is 11.8 Å². The third-order valence-electron chi connectivity index (χ3n) is 2.46. The molecule has 0 radical (unpaired) electrons. The summed E-state index contributed by atoms with van der Waals surface area (Å²) in [6.45, 7) is 0.877. The molecule has 0 spiro atoms.